The fourth-order valence-corrected chi connectivity index (χ4v) is 4.57. The van der Waals surface area contributed by atoms with Crippen LogP contribution in [0.5, 0.6) is 0 Å². The molecule has 190 valence electrons. The van der Waals surface area contributed by atoms with Crippen molar-refractivity contribution in [2.75, 3.05) is 5.73 Å². The Morgan fingerprint density at radius 2 is 2.06 bits per heavy atom. The van der Waals surface area contributed by atoms with Gasteiger partial charge in [0.1, 0.15) is 11.4 Å². The standard InChI is InChI=1S/C17H21N7O9S2/c1-17(2,15(28)29)33-21-13(10-7-34-16(18)19-10)12(26)3-9-11(24(14(9)27)35(30,31)32)5-23-4-8(6-25)20-22-23/h4,7,9,11,25H,3,5-6H2,1-2H3,(H2,18,19)(H,28,29)(H,30,31,32)/b21-13-/t9-,11+/m0/s1. The number of nitrogen functional groups attached to an aromatic ring is 1. The Labute approximate surface area is 201 Å². The van der Waals surface area contributed by atoms with E-state index in [1.807, 2.05) is 0 Å². The largest absolute Gasteiger partial charge is 0.478 e. The highest BCUT2D eigenvalue weighted by Crippen LogP contribution is 2.34. The number of anilines is 1. The molecule has 5 N–H and O–H groups in total. The smallest absolute Gasteiger partial charge is 0.362 e. The van der Waals surface area contributed by atoms with E-state index in [2.05, 4.69) is 20.5 Å². The maximum atomic E-state index is 13.1. The van der Waals surface area contributed by atoms with Crippen LogP contribution in [-0.2, 0) is 42.7 Å². The van der Waals surface area contributed by atoms with E-state index < -0.39 is 64.3 Å². The SMILES string of the molecule is CC(C)(O/N=C(\C(=O)C[C@@H]1C(=O)N(S(=O)(=O)O)[C@@H]1Cn1cc(CO)nn1)c1csc(N)n1)C(=O)O. The van der Waals surface area contributed by atoms with Crippen LogP contribution in [0, 0.1) is 5.92 Å². The summed E-state index contributed by atoms with van der Waals surface area (Å²) in [5.41, 5.74) is 3.53. The number of nitrogens with zero attached hydrogens (tertiary/aromatic N) is 6. The van der Waals surface area contributed by atoms with Crippen molar-refractivity contribution in [3.63, 3.8) is 0 Å². The summed E-state index contributed by atoms with van der Waals surface area (Å²) in [5, 5.41) is 30.8. The number of aliphatic hydroxyl groups is 1. The normalized spacial score (nSPS) is 18.9. The molecule has 0 aliphatic carbocycles. The van der Waals surface area contributed by atoms with E-state index in [9.17, 15) is 32.5 Å². The van der Waals surface area contributed by atoms with Crippen LogP contribution in [0.1, 0.15) is 31.7 Å². The molecule has 1 fully saturated rings. The number of rotatable bonds is 11. The number of amides is 1. The number of carboxylic acids is 1. The Morgan fingerprint density at radius 3 is 2.57 bits per heavy atom. The molecule has 18 heteroatoms. The summed E-state index contributed by atoms with van der Waals surface area (Å²) in [5.74, 6) is -4.44. The third-order valence-electron chi connectivity index (χ3n) is 4.99. The van der Waals surface area contributed by atoms with Gasteiger partial charge in [0.25, 0.3) is 0 Å². The van der Waals surface area contributed by atoms with Gasteiger partial charge in [-0.15, -0.1) is 16.4 Å². The molecule has 2 aromatic heterocycles. The van der Waals surface area contributed by atoms with Crippen molar-refractivity contribution in [2.45, 2.75) is 45.1 Å². The molecule has 0 spiro atoms. The highest BCUT2D eigenvalue weighted by atomic mass is 32.2. The van der Waals surface area contributed by atoms with Crippen LogP contribution in [-0.4, -0.2) is 82.5 Å². The number of oxime groups is 1. The molecule has 0 aromatic carbocycles. The van der Waals surface area contributed by atoms with Crippen LogP contribution in [0.15, 0.2) is 16.7 Å². The molecule has 2 atom stereocenters. The van der Waals surface area contributed by atoms with E-state index in [0.29, 0.717) is 0 Å². The number of ketones is 1. The first kappa shape index (κ1) is 26.1. The van der Waals surface area contributed by atoms with Gasteiger partial charge >= 0.3 is 16.3 Å². The average molecular weight is 532 g/mol. The highest BCUT2D eigenvalue weighted by Gasteiger charge is 2.54. The quantitative estimate of drug-likeness (QED) is 0.114. The number of hydrogen-bond acceptors (Lipinski definition) is 13. The maximum Gasteiger partial charge on any atom is 0.362 e. The minimum absolute atomic E-state index is 0.0301. The lowest BCUT2D eigenvalue weighted by Crippen LogP contribution is -2.64. The zero-order valence-electron chi connectivity index (χ0n) is 18.3. The van der Waals surface area contributed by atoms with Gasteiger partial charge in [0, 0.05) is 11.8 Å². The first-order chi connectivity index (χ1) is 16.2. The predicted octanol–water partition coefficient (Wildman–Crippen LogP) is -1.32. The highest BCUT2D eigenvalue weighted by molar-refractivity contribution is 7.84. The summed E-state index contributed by atoms with van der Waals surface area (Å²) in [4.78, 5) is 45.9. The number of aliphatic hydroxyl groups excluding tert-OH is 1. The molecule has 1 amide bonds. The molecule has 0 bridgehead atoms. The number of hydrogen-bond donors (Lipinski definition) is 4. The Morgan fingerprint density at radius 1 is 1.37 bits per heavy atom. The summed E-state index contributed by atoms with van der Waals surface area (Å²) in [6.07, 6.45) is 0.723. The molecule has 1 aliphatic rings. The van der Waals surface area contributed by atoms with E-state index in [-0.39, 0.29) is 27.4 Å². The van der Waals surface area contributed by atoms with Crippen LogP contribution in [0.2, 0.25) is 0 Å². The van der Waals surface area contributed by atoms with Crippen molar-refractivity contribution < 1.29 is 42.4 Å². The van der Waals surface area contributed by atoms with E-state index in [1.54, 1.807) is 0 Å². The van der Waals surface area contributed by atoms with E-state index >= 15 is 0 Å². The minimum Gasteiger partial charge on any atom is -0.478 e. The van der Waals surface area contributed by atoms with E-state index in [4.69, 9.17) is 15.7 Å². The minimum atomic E-state index is -4.95. The topological polar surface area (TPSA) is 240 Å². The molecule has 0 saturated carbocycles. The van der Waals surface area contributed by atoms with Crippen molar-refractivity contribution in [2.24, 2.45) is 11.1 Å². The van der Waals surface area contributed by atoms with E-state index in [0.717, 1.165) is 16.0 Å². The Bertz CT molecular complexity index is 1280. The van der Waals surface area contributed by atoms with Crippen molar-refractivity contribution >= 4 is 50.1 Å². The number of thiazole rings is 1. The number of nitrogens with two attached hydrogens (primary N) is 1. The third kappa shape index (κ3) is 5.61. The average Bonchev–Trinajstić information content (AvgIpc) is 3.39. The first-order valence-corrected chi connectivity index (χ1v) is 12.1. The zero-order chi connectivity index (χ0) is 26.1. The number of aromatic nitrogens is 4. The molecular weight excluding hydrogens is 510 g/mol. The maximum absolute atomic E-state index is 13.1. The molecule has 16 nitrogen and oxygen atoms in total. The molecule has 35 heavy (non-hydrogen) atoms. The van der Waals surface area contributed by atoms with Gasteiger partial charge in [-0.25, -0.2) is 14.1 Å². The van der Waals surface area contributed by atoms with Gasteiger partial charge in [0.15, 0.2) is 16.6 Å². The lowest BCUT2D eigenvalue weighted by Gasteiger charge is -2.43. The van der Waals surface area contributed by atoms with Gasteiger partial charge in [-0.2, -0.15) is 8.42 Å². The molecular formula is C17H21N7O9S2. The molecule has 3 rings (SSSR count). The Hall–Kier alpha value is -3.48. The van der Waals surface area contributed by atoms with Crippen LogP contribution < -0.4 is 5.73 Å². The van der Waals surface area contributed by atoms with Gasteiger partial charge in [0.05, 0.1) is 31.3 Å². The van der Waals surface area contributed by atoms with E-state index in [1.165, 1.54) is 25.4 Å². The zero-order valence-corrected chi connectivity index (χ0v) is 19.9. The van der Waals surface area contributed by atoms with Crippen LogP contribution in [0.25, 0.3) is 0 Å². The third-order valence-corrected chi connectivity index (χ3v) is 6.61. The van der Waals surface area contributed by atoms with Crippen molar-refractivity contribution in [3.8, 4) is 0 Å². The summed E-state index contributed by atoms with van der Waals surface area (Å²) < 4.78 is 34.3. The van der Waals surface area contributed by atoms with Crippen molar-refractivity contribution in [1.29, 1.82) is 0 Å². The Balaban J connectivity index is 1.89. The predicted molar refractivity (Wildman–Crippen MR) is 117 cm³/mol. The molecule has 0 radical (unpaired) electrons. The van der Waals surface area contributed by atoms with Gasteiger partial charge < -0.3 is 20.8 Å². The summed E-state index contributed by atoms with van der Waals surface area (Å²) in [7, 11) is -4.95. The number of carbonyl (C=O) groups is 3. The Kier molecular flexibility index (Phi) is 7.20. The molecule has 2 aromatic rings. The van der Waals surface area contributed by atoms with Gasteiger partial charge in [-0.1, -0.05) is 10.4 Å². The van der Waals surface area contributed by atoms with Crippen LogP contribution in [0.4, 0.5) is 5.13 Å². The van der Waals surface area contributed by atoms with Crippen LogP contribution >= 0.6 is 11.3 Å². The second-order valence-electron chi connectivity index (χ2n) is 7.92. The summed E-state index contributed by atoms with van der Waals surface area (Å²) in [6, 6.07) is -1.21. The van der Waals surface area contributed by atoms with Crippen molar-refractivity contribution in [3.05, 3.63) is 23.0 Å². The summed E-state index contributed by atoms with van der Waals surface area (Å²) >= 11 is 0.975. The number of carboxylic acid groups (broad SMARTS) is 1. The second-order valence-corrected chi connectivity index (χ2v) is 10.1. The second kappa shape index (κ2) is 9.64. The summed E-state index contributed by atoms with van der Waals surface area (Å²) in [6.45, 7) is 1.70. The number of aliphatic carboxylic acids is 1. The van der Waals surface area contributed by atoms with Gasteiger partial charge in [-0.05, 0) is 13.8 Å². The number of carbonyl (C=O) groups excluding carboxylic acids is 2. The molecule has 0 unspecified atom stereocenters. The van der Waals surface area contributed by atoms with Crippen LogP contribution in [0.3, 0.4) is 0 Å². The molecule has 3 heterocycles. The monoisotopic (exact) mass is 531 g/mol. The number of β-lactam (4-membered cyclic amide) rings is 1. The first-order valence-electron chi connectivity index (χ1n) is 9.79. The fraction of sp³-hybridized carbons (Fsp3) is 0.471. The number of Topliss-reactive ketones (excluding diaryl/α,β-unsaturated/α-hetero) is 1. The fourth-order valence-electron chi connectivity index (χ4n) is 3.11. The van der Waals surface area contributed by atoms with Crippen molar-refractivity contribution in [1.82, 2.24) is 24.3 Å². The molecule has 1 aliphatic heterocycles. The van der Waals surface area contributed by atoms with Gasteiger partial charge in [-0.3, -0.25) is 18.8 Å². The lowest BCUT2D eigenvalue weighted by atomic mass is 9.84. The molecule has 1 saturated heterocycles. The lowest BCUT2D eigenvalue weighted by molar-refractivity contribution is -0.161. The van der Waals surface area contributed by atoms with Gasteiger partial charge in [0.2, 0.25) is 11.5 Å².